The van der Waals surface area contributed by atoms with Crippen molar-refractivity contribution >= 4 is 0 Å². The standard InChI is InChI=1S/C14H29NO/c1-13(2)8-7-11-16-14(12-15-3)9-5-4-6-10-14/h13,15H,4-12H2,1-3H3. The predicted molar refractivity (Wildman–Crippen MR) is 69.8 cm³/mol. The third-order valence-corrected chi connectivity index (χ3v) is 3.60. The molecule has 1 aliphatic rings. The van der Waals surface area contributed by atoms with Gasteiger partial charge in [0.25, 0.3) is 0 Å². The van der Waals surface area contributed by atoms with Crippen molar-refractivity contribution in [3.63, 3.8) is 0 Å². The largest absolute Gasteiger partial charge is 0.374 e. The van der Waals surface area contributed by atoms with E-state index in [1.54, 1.807) is 0 Å². The van der Waals surface area contributed by atoms with Crippen LogP contribution in [-0.4, -0.2) is 25.8 Å². The molecule has 0 spiro atoms. The van der Waals surface area contributed by atoms with Gasteiger partial charge in [0.2, 0.25) is 0 Å². The van der Waals surface area contributed by atoms with Crippen molar-refractivity contribution < 1.29 is 4.74 Å². The molecule has 0 bridgehead atoms. The first-order valence-corrected chi connectivity index (χ1v) is 6.97. The van der Waals surface area contributed by atoms with Gasteiger partial charge < -0.3 is 10.1 Å². The first-order chi connectivity index (χ1) is 7.68. The van der Waals surface area contributed by atoms with E-state index in [0.717, 1.165) is 19.1 Å². The number of rotatable bonds is 7. The van der Waals surface area contributed by atoms with Crippen LogP contribution in [0.3, 0.4) is 0 Å². The molecule has 0 aromatic rings. The van der Waals surface area contributed by atoms with Gasteiger partial charge in [0, 0.05) is 13.2 Å². The lowest BCUT2D eigenvalue weighted by molar-refractivity contribution is -0.0691. The van der Waals surface area contributed by atoms with Gasteiger partial charge >= 0.3 is 0 Å². The Balaban J connectivity index is 2.27. The molecule has 1 aliphatic carbocycles. The minimum atomic E-state index is 0.157. The summed E-state index contributed by atoms with van der Waals surface area (Å²) in [7, 11) is 2.04. The second-order valence-corrected chi connectivity index (χ2v) is 5.66. The van der Waals surface area contributed by atoms with Crippen LogP contribution in [0.2, 0.25) is 0 Å². The lowest BCUT2D eigenvalue weighted by Gasteiger charge is -2.37. The Morgan fingerprint density at radius 1 is 1.19 bits per heavy atom. The van der Waals surface area contributed by atoms with Crippen molar-refractivity contribution in [3.05, 3.63) is 0 Å². The molecule has 16 heavy (non-hydrogen) atoms. The van der Waals surface area contributed by atoms with E-state index in [4.69, 9.17) is 4.74 Å². The highest BCUT2D eigenvalue weighted by Crippen LogP contribution is 2.31. The van der Waals surface area contributed by atoms with Gasteiger partial charge in [0.15, 0.2) is 0 Å². The monoisotopic (exact) mass is 227 g/mol. The molecule has 1 N–H and O–H groups in total. The Morgan fingerprint density at radius 3 is 2.44 bits per heavy atom. The Labute approximate surface area is 101 Å². The summed E-state index contributed by atoms with van der Waals surface area (Å²) in [6, 6.07) is 0. The van der Waals surface area contributed by atoms with Crippen molar-refractivity contribution in [2.45, 2.75) is 64.4 Å². The van der Waals surface area contributed by atoms with E-state index < -0.39 is 0 Å². The zero-order chi connectivity index (χ0) is 11.9. The lowest BCUT2D eigenvalue weighted by Crippen LogP contribution is -2.44. The molecule has 0 aromatic carbocycles. The van der Waals surface area contributed by atoms with Crippen molar-refractivity contribution in [2.75, 3.05) is 20.2 Å². The fraction of sp³-hybridized carbons (Fsp3) is 1.00. The van der Waals surface area contributed by atoms with E-state index in [1.165, 1.54) is 44.9 Å². The molecule has 0 radical (unpaired) electrons. The molecule has 0 saturated heterocycles. The Hall–Kier alpha value is -0.0800. The second-order valence-electron chi connectivity index (χ2n) is 5.66. The molecular weight excluding hydrogens is 198 g/mol. The van der Waals surface area contributed by atoms with Crippen molar-refractivity contribution in [3.8, 4) is 0 Å². The number of hydrogen-bond acceptors (Lipinski definition) is 2. The molecular formula is C14H29NO. The van der Waals surface area contributed by atoms with Crippen molar-refractivity contribution in [1.29, 1.82) is 0 Å². The van der Waals surface area contributed by atoms with Crippen LogP contribution in [-0.2, 0) is 4.74 Å². The summed E-state index contributed by atoms with van der Waals surface area (Å²) < 4.78 is 6.20. The molecule has 0 aliphatic heterocycles. The van der Waals surface area contributed by atoms with E-state index >= 15 is 0 Å². The molecule has 96 valence electrons. The smallest absolute Gasteiger partial charge is 0.0806 e. The molecule has 1 saturated carbocycles. The number of likely N-dealkylation sites (N-methyl/N-ethyl adjacent to an activating group) is 1. The van der Waals surface area contributed by atoms with Crippen LogP contribution >= 0.6 is 0 Å². The third-order valence-electron chi connectivity index (χ3n) is 3.60. The van der Waals surface area contributed by atoms with Gasteiger partial charge in [-0.2, -0.15) is 0 Å². The molecule has 0 heterocycles. The predicted octanol–water partition coefficient (Wildman–Crippen LogP) is 3.36. The molecule has 1 rings (SSSR count). The van der Waals surface area contributed by atoms with Crippen LogP contribution in [0.25, 0.3) is 0 Å². The van der Waals surface area contributed by atoms with Gasteiger partial charge in [-0.15, -0.1) is 0 Å². The van der Waals surface area contributed by atoms with Gasteiger partial charge in [0.05, 0.1) is 5.60 Å². The quantitative estimate of drug-likeness (QED) is 0.673. The third kappa shape index (κ3) is 4.84. The number of hydrogen-bond donors (Lipinski definition) is 1. The molecule has 0 atom stereocenters. The summed E-state index contributed by atoms with van der Waals surface area (Å²) in [5, 5.41) is 3.30. The van der Waals surface area contributed by atoms with E-state index in [9.17, 15) is 0 Å². The molecule has 0 unspecified atom stereocenters. The van der Waals surface area contributed by atoms with E-state index in [-0.39, 0.29) is 5.60 Å². The van der Waals surface area contributed by atoms with Gasteiger partial charge in [-0.3, -0.25) is 0 Å². The summed E-state index contributed by atoms with van der Waals surface area (Å²) in [4.78, 5) is 0. The lowest BCUT2D eigenvalue weighted by atomic mass is 9.84. The Kier molecular flexibility index (Phi) is 6.37. The highest BCUT2D eigenvalue weighted by molar-refractivity contribution is 4.86. The molecule has 2 heteroatoms. The van der Waals surface area contributed by atoms with E-state index in [2.05, 4.69) is 19.2 Å². The van der Waals surface area contributed by atoms with Gasteiger partial charge in [-0.1, -0.05) is 33.1 Å². The van der Waals surface area contributed by atoms with Crippen molar-refractivity contribution in [2.24, 2.45) is 5.92 Å². The topological polar surface area (TPSA) is 21.3 Å². The van der Waals surface area contributed by atoms with Crippen LogP contribution in [0, 0.1) is 5.92 Å². The first kappa shape index (κ1) is 14.0. The zero-order valence-corrected chi connectivity index (χ0v) is 11.3. The zero-order valence-electron chi connectivity index (χ0n) is 11.3. The average molecular weight is 227 g/mol. The highest BCUT2D eigenvalue weighted by atomic mass is 16.5. The second kappa shape index (κ2) is 7.29. The van der Waals surface area contributed by atoms with Crippen LogP contribution < -0.4 is 5.32 Å². The highest BCUT2D eigenvalue weighted by Gasteiger charge is 2.31. The number of nitrogens with one attached hydrogen (secondary N) is 1. The maximum Gasteiger partial charge on any atom is 0.0806 e. The summed E-state index contributed by atoms with van der Waals surface area (Å²) >= 11 is 0. The molecule has 0 amide bonds. The van der Waals surface area contributed by atoms with Gasteiger partial charge in [-0.25, -0.2) is 0 Å². The van der Waals surface area contributed by atoms with Crippen LogP contribution in [0.4, 0.5) is 0 Å². The summed E-state index contributed by atoms with van der Waals surface area (Å²) in [6.07, 6.45) is 9.06. The van der Waals surface area contributed by atoms with E-state index in [0.29, 0.717) is 0 Å². The minimum absolute atomic E-state index is 0.157. The molecule has 0 aromatic heterocycles. The normalized spacial score (nSPS) is 20.2. The van der Waals surface area contributed by atoms with Crippen LogP contribution in [0.1, 0.15) is 58.8 Å². The van der Waals surface area contributed by atoms with E-state index in [1.807, 2.05) is 7.05 Å². The van der Waals surface area contributed by atoms with Crippen LogP contribution in [0.5, 0.6) is 0 Å². The van der Waals surface area contributed by atoms with Crippen molar-refractivity contribution in [1.82, 2.24) is 5.32 Å². The first-order valence-electron chi connectivity index (χ1n) is 6.97. The SMILES string of the molecule is CNCC1(OCCCC(C)C)CCCCC1. The maximum atomic E-state index is 6.20. The molecule has 1 fully saturated rings. The van der Waals surface area contributed by atoms with Gasteiger partial charge in [0.1, 0.15) is 0 Å². The van der Waals surface area contributed by atoms with Gasteiger partial charge in [-0.05, 0) is 38.6 Å². The minimum Gasteiger partial charge on any atom is -0.374 e. The Bertz CT molecular complexity index is 168. The van der Waals surface area contributed by atoms with Crippen LogP contribution in [0.15, 0.2) is 0 Å². The Morgan fingerprint density at radius 2 is 1.88 bits per heavy atom. The summed E-state index contributed by atoms with van der Waals surface area (Å²) in [6.45, 7) is 6.53. The fourth-order valence-electron chi connectivity index (χ4n) is 2.67. The average Bonchev–Trinajstić information content (AvgIpc) is 2.26. The summed E-state index contributed by atoms with van der Waals surface area (Å²) in [5.74, 6) is 0.801. The molecule has 2 nitrogen and oxygen atoms in total. The maximum absolute atomic E-state index is 6.20. The number of ether oxygens (including phenoxy) is 1. The summed E-state index contributed by atoms with van der Waals surface area (Å²) in [5.41, 5.74) is 0.157. The fourth-order valence-corrected chi connectivity index (χ4v) is 2.67.